The fraction of sp³-hybridized carbons (Fsp3) is 0.400. The van der Waals surface area contributed by atoms with Gasteiger partial charge in [-0.1, -0.05) is 12.1 Å². The van der Waals surface area contributed by atoms with Crippen LogP contribution in [0.2, 0.25) is 0 Å². The van der Waals surface area contributed by atoms with E-state index in [0.29, 0.717) is 0 Å². The third-order valence-corrected chi connectivity index (χ3v) is 2.06. The molecule has 1 nitrogen and oxygen atoms in total. The summed E-state index contributed by atoms with van der Waals surface area (Å²) in [5.74, 6) is 0. The van der Waals surface area contributed by atoms with Gasteiger partial charge in [0.05, 0.1) is 11.7 Å². The molecule has 0 saturated carbocycles. The SMILES string of the molecule is COC(C)c1ccc(C(F)(F)F)cc1. The quantitative estimate of drug-likeness (QED) is 0.717. The Balaban J connectivity index is 2.89. The maximum atomic E-state index is 12.2. The molecule has 0 amide bonds. The Kier molecular flexibility index (Phi) is 3.16. The Morgan fingerprint density at radius 1 is 1.14 bits per heavy atom. The summed E-state index contributed by atoms with van der Waals surface area (Å²) in [7, 11) is 1.52. The topological polar surface area (TPSA) is 9.23 Å². The standard InChI is InChI=1S/C10H11F3O/c1-7(14-2)8-3-5-9(6-4-8)10(11,12)13/h3-7H,1-2H3. The van der Waals surface area contributed by atoms with Crippen molar-refractivity contribution in [1.82, 2.24) is 0 Å². The number of alkyl halides is 3. The molecule has 0 bridgehead atoms. The van der Waals surface area contributed by atoms with Crippen molar-refractivity contribution < 1.29 is 17.9 Å². The highest BCUT2D eigenvalue weighted by Gasteiger charge is 2.30. The van der Waals surface area contributed by atoms with E-state index in [1.165, 1.54) is 19.2 Å². The third-order valence-electron chi connectivity index (χ3n) is 2.06. The Bertz CT molecular complexity index is 289. The predicted molar refractivity (Wildman–Crippen MR) is 46.9 cm³/mol. The maximum absolute atomic E-state index is 12.2. The number of methoxy groups -OCH3 is 1. The minimum Gasteiger partial charge on any atom is -0.377 e. The van der Waals surface area contributed by atoms with Gasteiger partial charge in [-0.25, -0.2) is 0 Å². The highest BCUT2D eigenvalue weighted by Crippen LogP contribution is 2.30. The van der Waals surface area contributed by atoms with E-state index in [2.05, 4.69) is 0 Å². The molecule has 1 unspecified atom stereocenters. The maximum Gasteiger partial charge on any atom is 0.416 e. The molecule has 0 spiro atoms. The normalized spacial score (nSPS) is 14.1. The molecule has 0 radical (unpaired) electrons. The van der Waals surface area contributed by atoms with Gasteiger partial charge in [0.1, 0.15) is 0 Å². The zero-order valence-electron chi connectivity index (χ0n) is 7.93. The first-order valence-electron chi connectivity index (χ1n) is 4.15. The minimum atomic E-state index is -4.27. The average molecular weight is 204 g/mol. The second-order valence-electron chi connectivity index (χ2n) is 3.00. The molecular formula is C10H11F3O. The zero-order valence-corrected chi connectivity index (χ0v) is 7.93. The Morgan fingerprint density at radius 3 is 2.00 bits per heavy atom. The van der Waals surface area contributed by atoms with Gasteiger partial charge in [0, 0.05) is 7.11 Å². The molecule has 1 aromatic carbocycles. The van der Waals surface area contributed by atoms with Crippen LogP contribution in [-0.2, 0) is 10.9 Å². The molecule has 4 heteroatoms. The van der Waals surface area contributed by atoms with Crippen LogP contribution in [0.3, 0.4) is 0 Å². The number of halogens is 3. The summed E-state index contributed by atoms with van der Waals surface area (Å²) in [6, 6.07) is 4.98. The van der Waals surface area contributed by atoms with Crippen LogP contribution in [0.4, 0.5) is 13.2 Å². The summed E-state index contributed by atoms with van der Waals surface area (Å²) in [4.78, 5) is 0. The van der Waals surface area contributed by atoms with Gasteiger partial charge < -0.3 is 4.74 Å². The van der Waals surface area contributed by atoms with Crippen molar-refractivity contribution in [2.24, 2.45) is 0 Å². The lowest BCUT2D eigenvalue weighted by atomic mass is 10.1. The largest absolute Gasteiger partial charge is 0.416 e. The van der Waals surface area contributed by atoms with Gasteiger partial charge in [0.25, 0.3) is 0 Å². The van der Waals surface area contributed by atoms with Gasteiger partial charge in [-0.05, 0) is 24.6 Å². The summed E-state index contributed by atoms with van der Waals surface area (Å²) >= 11 is 0. The van der Waals surface area contributed by atoms with Crippen LogP contribution >= 0.6 is 0 Å². The monoisotopic (exact) mass is 204 g/mol. The molecule has 0 N–H and O–H groups in total. The lowest BCUT2D eigenvalue weighted by Gasteiger charge is -2.11. The molecular weight excluding hydrogens is 193 g/mol. The summed E-state index contributed by atoms with van der Waals surface area (Å²) in [5.41, 5.74) is 0.102. The van der Waals surface area contributed by atoms with Crippen LogP contribution in [0.5, 0.6) is 0 Å². The second kappa shape index (κ2) is 4.00. The summed E-state index contributed by atoms with van der Waals surface area (Å²) < 4.78 is 41.5. The fourth-order valence-corrected chi connectivity index (χ4v) is 1.08. The first-order valence-corrected chi connectivity index (χ1v) is 4.15. The lowest BCUT2D eigenvalue weighted by molar-refractivity contribution is -0.137. The van der Waals surface area contributed by atoms with Crippen molar-refractivity contribution >= 4 is 0 Å². The lowest BCUT2D eigenvalue weighted by Crippen LogP contribution is -2.05. The third kappa shape index (κ3) is 2.48. The summed E-state index contributed by atoms with van der Waals surface area (Å²) in [5, 5.41) is 0. The molecule has 0 heterocycles. The number of hydrogen-bond acceptors (Lipinski definition) is 1. The van der Waals surface area contributed by atoms with Gasteiger partial charge >= 0.3 is 6.18 Å². The molecule has 0 aliphatic heterocycles. The van der Waals surface area contributed by atoms with E-state index in [1.54, 1.807) is 6.92 Å². The van der Waals surface area contributed by atoms with Crippen molar-refractivity contribution in [2.45, 2.75) is 19.2 Å². The number of benzene rings is 1. The van der Waals surface area contributed by atoms with Gasteiger partial charge in [0.15, 0.2) is 0 Å². The van der Waals surface area contributed by atoms with Gasteiger partial charge in [0.2, 0.25) is 0 Å². The molecule has 14 heavy (non-hydrogen) atoms. The number of hydrogen-bond donors (Lipinski definition) is 0. The van der Waals surface area contributed by atoms with Crippen LogP contribution in [0.1, 0.15) is 24.2 Å². The molecule has 1 atom stereocenters. The predicted octanol–water partition coefficient (Wildman–Crippen LogP) is 3.41. The Labute approximate surface area is 80.5 Å². The summed E-state index contributed by atoms with van der Waals surface area (Å²) in [6.45, 7) is 1.78. The van der Waals surface area contributed by atoms with Gasteiger partial charge in [-0.2, -0.15) is 13.2 Å². The van der Waals surface area contributed by atoms with Crippen LogP contribution < -0.4 is 0 Å². The van der Waals surface area contributed by atoms with E-state index < -0.39 is 11.7 Å². The molecule has 0 aliphatic rings. The smallest absolute Gasteiger partial charge is 0.377 e. The van der Waals surface area contributed by atoms with Gasteiger partial charge in [-0.15, -0.1) is 0 Å². The molecule has 0 saturated heterocycles. The van der Waals surface area contributed by atoms with Crippen molar-refractivity contribution in [3.05, 3.63) is 35.4 Å². The molecule has 0 aliphatic carbocycles. The van der Waals surface area contributed by atoms with E-state index >= 15 is 0 Å². The molecule has 1 aromatic rings. The van der Waals surface area contributed by atoms with E-state index in [-0.39, 0.29) is 6.10 Å². The highest BCUT2D eigenvalue weighted by atomic mass is 19.4. The van der Waals surface area contributed by atoms with Crippen LogP contribution in [0, 0.1) is 0 Å². The van der Waals surface area contributed by atoms with Gasteiger partial charge in [-0.3, -0.25) is 0 Å². The van der Waals surface area contributed by atoms with E-state index in [4.69, 9.17) is 4.74 Å². The van der Waals surface area contributed by atoms with Crippen LogP contribution in [0.25, 0.3) is 0 Å². The van der Waals surface area contributed by atoms with E-state index in [9.17, 15) is 13.2 Å². The zero-order chi connectivity index (χ0) is 10.8. The second-order valence-corrected chi connectivity index (χ2v) is 3.00. The van der Waals surface area contributed by atoms with Crippen LogP contribution in [-0.4, -0.2) is 7.11 Å². The average Bonchev–Trinajstić information content (AvgIpc) is 2.15. The highest BCUT2D eigenvalue weighted by molar-refractivity contribution is 5.25. The van der Waals surface area contributed by atoms with Crippen LogP contribution in [0.15, 0.2) is 24.3 Å². The molecule has 0 fully saturated rings. The first-order chi connectivity index (χ1) is 6.45. The first kappa shape index (κ1) is 11.0. The number of rotatable bonds is 2. The minimum absolute atomic E-state index is 0.183. The Hall–Kier alpha value is -1.03. The summed E-state index contributed by atoms with van der Waals surface area (Å²) in [6.07, 6.45) is -4.45. The molecule has 0 aromatic heterocycles. The number of ether oxygens (including phenoxy) is 1. The van der Waals surface area contributed by atoms with E-state index in [1.807, 2.05) is 0 Å². The fourth-order valence-electron chi connectivity index (χ4n) is 1.08. The van der Waals surface area contributed by atoms with Crippen molar-refractivity contribution in [1.29, 1.82) is 0 Å². The molecule has 1 rings (SSSR count). The van der Waals surface area contributed by atoms with Crippen molar-refractivity contribution in [3.8, 4) is 0 Å². The molecule has 78 valence electrons. The Morgan fingerprint density at radius 2 is 1.64 bits per heavy atom. The van der Waals surface area contributed by atoms with Crippen molar-refractivity contribution in [3.63, 3.8) is 0 Å². The van der Waals surface area contributed by atoms with E-state index in [0.717, 1.165) is 17.7 Å². The van der Waals surface area contributed by atoms with Crippen molar-refractivity contribution in [2.75, 3.05) is 7.11 Å².